The van der Waals surface area contributed by atoms with Crippen LogP contribution in [0.5, 0.6) is 11.5 Å². The lowest BCUT2D eigenvalue weighted by Gasteiger charge is -2.18. The number of anilines is 2. The van der Waals surface area contributed by atoms with Crippen molar-refractivity contribution in [2.24, 2.45) is 11.7 Å². The molecule has 0 radical (unpaired) electrons. The number of nitrogens with two attached hydrogens (primary N) is 1. The lowest BCUT2D eigenvalue weighted by atomic mass is 10.0. The predicted molar refractivity (Wildman–Crippen MR) is 94.5 cm³/mol. The Morgan fingerprint density at radius 2 is 1.54 bits per heavy atom. The largest absolute Gasteiger partial charge is 0.493 e. The van der Waals surface area contributed by atoms with Gasteiger partial charge in [0.1, 0.15) is 0 Å². The molecular formula is C17H27N3O4. The van der Waals surface area contributed by atoms with Crippen molar-refractivity contribution >= 4 is 23.2 Å². The number of carbonyl (C=O) groups excluding carboxylic acids is 2. The molecule has 0 saturated carbocycles. The summed E-state index contributed by atoms with van der Waals surface area (Å²) in [5, 5.41) is 5.61. The Hall–Kier alpha value is -2.28. The molecule has 1 aromatic rings. The lowest BCUT2D eigenvalue weighted by molar-refractivity contribution is -0.120. The van der Waals surface area contributed by atoms with Crippen LogP contribution in [0.2, 0.25) is 0 Å². The Bertz CT molecular complexity index is 571. The molecule has 0 unspecified atom stereocenters. The number of amides is 2. The Labute approximate surface area is 142 Å². The van der Waals surface area contributed by atoms with Crippen molar-refractivity contribution in [1.29, 1.82) is 0 Å². The normalized spacial score (nSPS) is 10.4. The molecule has 7 nitrogen and oxygen atoms in total. The zero-order chi connectivity index (χ0) is 18.1. The van der Waals surface area contributed by atoms with Crippen LogP contribution in [0.4, 0.5) is 11.4 Å². The number of rotatable bonds is 9. The summed E-state index contributed by atoms with van der Waals surface area (Å²) in [7, 11) is 3.02. The summed E-state index contributed by atoms with van der Waals surface area (Å²) in [6.07, 6.45) is 1.67. The molecule has 1 aromatic carbocycles. The fraction of sp³-hybridized carbons (Fsp3) is 0.529. The van der Waals surface area contributed by atoms with Gasteiger partial charge in [-0.3, -0.25) is 9.59 Å². The van der Waals surface area contributed by atoms with Crippen molar-refractivity contribution in [3.05, 3.63) is 12.1 Å². The zero-order valence-electron chi connectivity index (χ0n) is 14.8. The average Bonchev–Trinajstić information content (AvgIpc) is 2.57. The minimum absolute atomic E-state index is 0.0920. The molecule has 2 amide bonds. The summed E-state index contributed by atoms with van der Waals surface area (Å²) in [4.78, 5) is 24.3. The highest BCUT2D eigenvalue weighted by Gasteiger charge is 2.19. The van der Waals surface area contributed by atoms with Crippen LogP contribution < -0.4 is 25.8 Å². The highest BCUT2D eigenvalue weighted by atomic mass is 16.5. The predicted octanol–water partition coefficient (Wildman–Crippen LogP) is 2.37. The topological polar surface area (TPSA) is 103 Å². The van der Waals surface area contributed by atoms with E-state index in [2.05, 4.69) is 10.6 Å². The van der Waals surface area contributed by atoms with Crippen LogP contribution in [0.15, 0.2) is 12.1 Å². The first kappa shape index (κ1) is 19.8. The molecule has 0 aliphatic carbocycles. The maximum atomic E-state index is 12.4. The van der Waals surface area contributed by atoms with E-state index in [1.54, 1.807) is 12.1 Å². The second kappa shape index (κ2) is 9.77. The number of benzene rings is 1. The number of ether oxygens (including phenoxy) is 2. The van der Waals surface area contributed by atoms with Crippen molar-refractivity contribution in [3.63, 3.8) is 0 Å². The number of hydrogen-bond donors (Lipinski definition) is 3. The number of nitrogens with one attached hydrogen (secondary N) is 2. The minimum Gasteiger partial charge on any atom is -0.493 e. The maximum absolute atomic E-state index is 12.4. The SMILES string of the molecule is CCC(CC)C(=O)Nc1cc(OC)c(OC)cc1NC(=O)CCN. The van der Waals surface area contributed by atoms with Gasteiger partial charge in [0, 0.05) is 31.0 Å². The summed E-state index contributed by atoms with van der Waals surface area (Å²) in [6, 6.07) is 3.26. The summed E-state index contributed by atoms with van der Waals surface area (Å²) in [5.41, 5.74) is 6.32. The van der Waals surface area contributed by atoms with Crippen LogP contribution in [0.25, 0.3) is 0 Å². The zero-order valence-corrected chi connectivity index (χ0v) is 14.8. The van der Waals surface area contributed by atoms with Crippen molar-refractivity contribution in [2.45, 2.75) is 33.1 Å². The number of methoxy groups -OCH3 is 2. The van der Waals surface area contributed by atoms with Gasteiger partial charge < -0.3 is 25.8 Å². The standard InChI is InChI=1S/C17H27N3O4/c1-5-11(6-2)17(22)20-13-10-15(24-4)14(23-3)9-12(13)19-16(21)7-8-18/h9-11H,5-8,18H2,1-4H3,(H,19,21)(H,20,22). The number of carbonyl (C=O) groups is 2. The van der Waals surface area contributed by atoms with Gasteiger partial charge in [0.2, 0.25) is 11.8 Å². The van der Waals surface area contributed by atoms with Gasteiger partial charge in [-0.2, -0.15) is 0 Å². The van der Waals surface area contributed by atoms with Crippen LogP contribution in [0.3, 0.4) is 0 Å². The van der Waals surface area contributed by atoms with Gasteiger partial charge in [0.15, 0.2) is 11.5 Å². The summed E-state index contributed by atoms with van der Waals surface area (Å²) in [6.45, 7) is 4.17. The monoisotopic (exact) mass is 337 g/mol. The second-order valence-corrected chi connectivity index (χ2v) is 5.34. The smallest absolute Gasteiger partial charge is 0.227 e. The van der Waals surface area contributed by atoms with Crippen molar-refractivity contribution in [1.82, 2.24) is 0 Å². The van der Waals surface area contributed by atoms with Gasteiger partial charge >= 0.3 is 0 Å². The van der Waals surface area contributed by atoms with Crippen LogP contribution in [-0.4, -0.2) is 32.6 Å². The first-order valence-electron chi connectivity index (χ1n) is 8.07. The van der Waals surface area contributed by atoms with E-state index in [1.165, 1.54) is 14.2 Å². The molecule has 134 valence electrons. The molecule has 0 fully saturated rings. The molecule has 0 atom stereocenters. The molecule has 0 spiro atoms. The quantitative estimate of drug-likeness (QED) is 0.642. The van der Waals surface area contributed by atoms with Gasteiger partial charge in [0.25, 0.3) is 0 Å². The van der Waals surface area contributed by atoms with E-state index in [0.717, 1.165) is 12.8 Å². The molecule has 0 heterocycles. The molecule has 0 aliphatic rings. The fourth-order valence-corrected chi connectivity index (χ4v) is 2.32. The molecule has 0 aliphatic heterocycles. The third kappa shape index (κ3) is 5.13. The Morgan fingerprint density at radius 1 is 1.04 bits per heavy atom. The third-order valence-electron chi connectivity index (χ3n) is 3.78. The first-order chi connectivity index (χ1) is 11.5. The van der Waals surface area contributed by atoms with E-state index in [4.69, 9.17) is 15.2 Å². The minimum atomic E-state index is -0.234. The van der Waals surface area contributed by atoms with E-state index in [9.17, 15) is 9.59 Å². The van der Waals surface area contributed by atoms with Gasteiger partial charge in [0.05, 0.1) is 25.6 Å². The van der Waals surface area contributed by atoms with E-state index in [-0.39, 0.29) is 30.7 Å². The molecule has 0 saturated heterocycles. The summed E-state index contributed by atoms with van der Waals surface area (Å²) in [5.74, 6) is 0.505. The molecule has 7 heteroatoms. The van der Waals surface area contributed by atoms with Crippen LogP contribution in [0.1, 0.15) is 33.1 Å². The molecule has 4 N–H and O–H groups in total. The molecular weight excluding hydrogens is 310 g/mol. The molecule has 0 bridgehead atoms. The van der Waals surface area contributed by atoms with Crippen LogP contribution in [-0.2, 0) is 9.59 Å². The lowest BCUT2D eigenvalue weighted by Crippen LogP contribution is -2.23. The maximum Gasteiger partial charge on any atom is 0.227 e. The van der Waals surface area contributed by atoms with Crippen LogP contribution >= 0.6 is 0 Å². The van der Waals surface area contributed by atoms with Crippen molar-refractivity contribution < 1.29 is 19.1 Å². The Morgan fingerprint density at radius 3 is 1.96 bits per heavy atom. The average molecular weight is 337 g/mol. The van der Waals surface area contributed by atoms with E-state index in [1.807, 2.05) is 13.8 Å². The Kier molecular flexibility index (Phi) is 8.05. The van der Waals surface area contributed by atoms with E-state index < -0.39 is 0 Å². The highest BCUT2D eigenvalue weighted by Crippen LogP contribution is 2.37. The van der Waals surface area contributed by atoms with Gasteiger partial charge in [-0.25, -0.2) is 0 Å². The summed E-state index contributed by atoms with van der Waals surface area (Å²) < 4.78 is 10.5. The van der Waals surface area contributed by atoms with E-state index in [0.29, 0.717) is 22.9 Å². The van der Waals surface area contributed by atoms with Crippen molar-refractivity contribution in [2.75, 3.05) is 31.4 Å². The van der Waals surface area contributed by atoms with Crippen molar-refractivity contribution in [3.8, 4) is 11.5 Å². The molecule has 1 rings (SSSR count). The molecule has 0 aromatic heterocycles. The van der Waals surface area contributed by atoms with Crippen LogP contribution in [0, 0.1) is 5.92 Å². The first-order valence-corrected chi connectivity index (χ1v) is 8.07. The fourth-order valence-electron chi connectivity index (χ4n) is 2.32. The van der Waals surface area contributed by atoms with Gasteiger partial charge in [-0.05, 0) is 12.8 Å². The second-order valence-electron chi connectivity index (χ2n) is 5.34. The number of hydrogen-bond acceptors (Lipinski definition) is 5. The third-order valence-corrected chi connectivity index (χ3v) is 3.78. The van der Waals surface area contributed by atoms with Gasteiger partial charge in [-0.15, -0.1) is 0 Å². The highest BCUT2D eigenvalue weighted by molar-refractivity contribution is 6.01. The van der Waals surface area contributed by atoms with Gasteiger partial charge in [-0.1, -0.05) is 13.8 Å². The summed E-state index contributed by atoms with van der Waals surface area (Å²) >= 11 is 0. The Balaban J connectivity index is 3.17. The molecule has 24 heavy (non-hydrogen) atoms. The van der Waals surface area contributed by atoms with E-state index >= 15 is 0 Å².